The van der Waals surface area contributed by atoms with E-state index in [0.717, 1.165) is 19.1 Å². The van der Waals surface area contributed by atoms with Crippen molar-refractivity contribution in [2.75, 3.05) is 0 Å². The molecule has 1 unspecified atom stereocenters. The van der Waals surface area contributed by atoms with Crippen molar-refractivity contribution in [3.05, 3.63) is 47.8 Å². The van der Waals surface area contributed by atoms with Crippen LogP contribution in [-0.4, -0.2) is 18.0 Å². The second-order valence-corrected chi connectivity index (χ2v) is 4.28. The molecule has 0 amide bonds. The van der Waals surface area contributed by atoms with Crippen molar-refractivity contribution >= 4 is 5.97 Å². The van der Waals surface area contributed by atoms with Gasteiger partial charge in [0.15, 0.2) is 0 Å². The molecule has 2 nitrogen and oxygen atoms in total. The number of aryl methyl sites for hydroxylation is 1. The highest BCUT2D eigenvalue weighted by molar-refractivity contribution is 5.85. The highest BCUT2D eigenvalue weighted by atomic mass is 19.4. The Hall–Kier alpha value is -2.06. The van der Waals surface area contributed by atoms with Crippen molar-refractivity contribution in [2.24, 2.45) is 0 Å². The van der Waals surface area contributed by atoms with E-state index >= 15 is 0 Å². The first-order chi connectivity index (χ1) is 9.84. The number of carbonyl (C=O) groups is 1. The molecule has 1 rings (SSSR count). The van der Waals surface area contributed by atoms with Crippen LogP contribution in [0.25, 0.3) is 0 Å². The molecule has 0 saturated carbocycles. The lowest BCUT2D eigenvalue weighted by Gasteiger charge is -2.34. The van der Waals surface area contributed by atoms with Crippen LogP contribution in [0.5, 0.6) is 0 Å². The third-order valence-corrected chi connectivity index (χ3v) is 2.71. The predicted octanol–water partition coefficient (Wildman–Crippen LogP) is 4.34. The summed E-state index contributed by atoms with van der Waals surface area (Å²) < 4.78 is 95.9. The minimum Gasteiger partial charge on any atom is -0.409 e. The van der Waals surface area contributed by atoms with Crippen LogP contribution in [0.4, 0.5) is 30.7 Å². The lowest BCUT2D eigenvalue weighted by atomic mass is 9.96. The summed E-state index contributed by atoms with van der Waals surface area (Å²) in [5.74, 6) is -15.8. The van der Waals surface area contributed by atoms with E-state index in [1.165, 1.54) is 6.07 Å². The van der Waals surface area contributed by atoms with Gasteiger partial charge < -0.3 is 4.74 Å². The summed E-state index contributed by atoms with van der Waals surface area (Å²) in [6, 6.07) is 3.73. The molecule has 0 saturated heterocycles. The highest BCUT2D eigenvalue weighted by Crippen LogP contribution is 2.52. The van der Waals surface area contributed by atoms with Crippen LogP contribution < -0.4 is 0 Å². The Kier molecular flexibility index (Phi) is 4.59. The summed E-state index contributed by atoms with van der Waals surface area (Å²) in [5.41, 5.74) is -1.74. The molecule has 22 heavy (non-hydrogen) atoms. The Labute approximate surface area is 120 Å². The number of hydrogen-bond acceptors (Lipinski definition) is 2. The number of carbonyl (C=O) groups excluding carboxylic acids is 1. The molecule has 122 valence electrons. The number of alkyl halides is 6. The molecule has 0 bridgehead atoms. The van der Waals surface area contributed by atoms with Gasteiger partial charge in [0, 0.05) is 5.56 Å². The molecule has 0 radical (unpaired) electrons. The molecule has 1 atom stereocenters. The molecule has 0 aliphatic rings. The normalized spacial score (nSPS) is 15.1. The molecule has 9 heteroatoms. The fourth-order valence-electron chi connectivity index (χ4n) is 1.58. The van der Waals surface area contributed by atoms with E-state index in [1.807, 2.05) is 0 Å². The molecule has 0 aromatic heterocycles. The van der Waals surface area contributed by atoms with Crippen molar-refractivity contribution in [1.82, 2.24) is 0 Å². The van der Waals surface area contributed by atoms with Crippen molar-refractivity contribution in [2.45, 2.75) is 24.9 Å². The smallest absolute Gasteiger partial charge is 0.409 e. The monoisotopic (exact) mass is 330 g/mol. The van der Waals surface area contributed by atoms with Gasteiger partial charge >= 0.3 is 23.9 Å². The maximum atomic E-state index is 14.1. The Morgan fingerprint density at radius 1 is 1.09 bits per heavy atom. The third kappa shape index (κ3) is 2.93. The first-order valence-corrected chi connectivity index (χ1v) is 5.62. The zero-order valence-corrected chi connectivity index (χ0v) is 11.0. The number of esters is 1. The van der Waals surface area contributed by atoms with Gasteiger partial charge in [-0.25, -0.2) is 4.79 Å². The molecule has 0 aliphatic heterocycles. The van der Waals surface area contributed by atoms with E-state index in [-0.39, 0.29) is 5.56 Å². The van der Waals surface area contributed by atoms with Crippen molar-refractivity contribution < 1.29 is 40.3 Å². The molecular formula is C13H9F7O2. The number of benzene rings is 1. The first-order valence-electron chi connectivity index (χ1n) is 5.62. The SMILES string of the molecule is C=C(F)C(=O)OC(F)(C(F)(F)F)C(F)(F)c1ccccc1C. The van der Waals surface area contributed by atoms with Crippen LogP contribution in [-0.2, 0) is 15.5 Å². The van der Waals surface area contributed by atoms with Crippen LogP contribution >= 0.6 is 0 Å². The summed E-state index contributed by atoms with van der Waals surface area (Å²) in [6.45, 7) is 3.28. The van der Waals surface area contributed by atoms with Gasteiger partial charge in [0.25, 0.3) is 0 Å². The summed E-state index contributed by atoms with van der Waals surface area (Å²) in [7, 11) is 0. The quantitative estimate of drug-likeness (QED) is 0.466. The van der Waals surface area contributed by atoms with Gasteiger partial charge in [-0.05, 0) is 12.5 Å². The van der Waals surface area contributed by atoms with E-state index in [4.69, 9.17) is 0 Å². The van der Waals surface area contributed by atoms with Gasteiger partial charge in [0.05, 0.1) is 0 Å². The molecule has 0 spiro atoms. The Morgan fingerprint density at radius 3 is 2.00 bits per heavy atom. The number of rotatable bonds is 4. The second kappa shape index (κ2) is 5.62. The molecule has 1 aromatic carbocycles. The van der Waals surface area contributed by atoms with Crippen molar-refractivity contribution in [3.63, 3.8) is 0 Å². The summed E-state index contributed by atoms with van der Waals surface area (Å²) in [6.07, 6.45) is -6.32. The van der Waals surface area contributed by atoms with E-state index in [2.05, 4.69) is 11.3 Å². The molecular weight excluding hydrogens is 321 g/mol. The van der Waals surface area contributed by atoms with Gasteiger partial charge in [-0.2, -0.15) is 30.7 Å². The zero-order valence-electron chi connectivity index (χ0n) is 11.0. The minimum absolute atomic E-state index is 0.381. The molecule has 0 aliphatic carbocycles. The number of ether oxygens (including phenoxy) is 1. The summed E-state index contributed by atoms with van der Waals surface area (Å²) in [4.78, 5) is 10.8. The zero-order chi connectivity index (χ0) is 17.3. The molecule has 0 fully saturated rings. The minimum atomic E-state index is -6.32. The van der Waals surface area contributed by atoms with Crippen molar-refractivity contribution in [3.8, 4) is 0 Å². The van der Waals surface area contributed by atoms with E-state index in [0.29, 0.717) is 6.07 Å². The predicted molar refractivity (Wildman–Crippen MR) is 61.3 cm³/mol. The van der Waals surface area contributed by atoms with E-state index in [9.17, 15) is 35.5 Å². The maximum Gasteiger partial charge on any atom is 0.467 e. The fourth-order valence-corrected chi connectivity index (χ4v) is 1.58. The van der Waals surface area contributed by atoms with Gasteiger partial charge in [-0.1, -0.05) is 30.8 Å². The lowest BCUT2D eigenvalue weighted by molar-refractivity contribution is -0.390. The Bertz CT molecular complexity index is 594. The first kappa shape index (κ1) is 18.0. The van der Waals surface area contributed by atoms with Gasteiger partial charge in [0.2, 0.25) is 5.83 Å². The van der Waals surface area contributed by atoms with Crippen LogP contribution in [0, 0.1) is 6.92 Å². The molecule has 1 aromatic rings. The van der Waals surface area contributed by atoms with Crippen molar-refractivity contribution in [1.29, 1.82) is 0 Å². The van der Waals surface area contributed by atoms with E-state index in [1.54, 1.807) is 0 Å². The van der Waals surface area contributed by atoms with Crippen LogP contribution in [0.2, 0.25) is 0 Å². The third-order valence-electron chi connectivity index (χ3n) is 2.71. The topological polar surface area (TPSA) is 26.3 Å². The number of halogens is 7. The lowest BCUT2D eigenvalue weighted by Crippen LogP contribution is -2.56. The largest absolute Gasteiger partial charge is 0.467 e. The summed E-state index contributed by atoms with van der Waals surface area (Å²) in [5, 5.41) is 0. The fraction of sp³-hybridized carbons (Fsp3) is 0.308. The van der Waals surface area contributed by atoms with Gasteiger partial charge in [-0.3, -0.25) is 0 Å². The van der Waals surface area contributed by atoms with Crippen LogP contribution in [0.3, 0.4) is 0 Å². The standard InChI is InChI=1S/C13H9F7O2/c1-7-5-3-4-6-9(7)11(15,16)12(17,13(18,19)20)22-10(21)8(2)14/h3-6H,2H2,1H3. The van der Waals surface area contributed by atoms with Gasteiger partial charge in [0.1, 0.15) is 0 Å². The second-order valence-electron chi connectivity index (χ2n) is 4.28. The average molecular weight is 330 g/mol. The number of hydrogen-bond donors (Lipinski definition) is 0. The highest BCUT2D eigenvalue weighted by Gasteiger charge is 2.75. The van der Waals surface area contributed by atoms with Crippen LogP contribution in [0.15, 0.2) is 36.7 Å². The Morgan fingerprint density at radius 2 is 1.59 bits per heavy atom. The summed E-state index contributed by atoms with van der Waals surface area (Å²) >= 11 is 0. The molecule has 0 heterocycles. The Balaban J connectivity index is 3.48. The molecule has 0 N–H and O–H groups in total. The maximum absolute atomic E-state index is 14.1. The van der Waals surface area contributed by atoms with Gasteiger partial charge in [-0.15, -0.1) is 0 Å². The average Bonchev–Trinajstić information content (AvgIpc) is 2.37. The van der Waals surface area contributed by atoms with E-state index < -0.39 is 35.3 Å². The van der Waals surface area contributed by atoms with Crippen LogP contribution in [0.1, 0.15) is 11.1 Å².